The molecule has 72 valence electrons. The first-order chi connectivity index (χ1) is 6.15. The topological polar surface area (TPSA) is 58.3 Å². The van der Waals surface area contributed by atoms with E-state index in [2.05, 4.69) is 21.2 Å². The molecule has 0 aliphatic heterocycles. The van der Waals surface area contributed by atoms with Crippen LogP contribution >= 0.6 is 15.9 Å². The number of aliphatic hydroxyl groups excluding tert-OH is 1. The fourth-order valence-corrected chi connectivity index (χ4v) is 1.33. The Hall–Kier alpha value is -0.580. The van der Waals surface area contributed by atoms with Crippen LogP contribution in [0.3, 0.4) is 0 Å². The molecular formula is C9H13BrN2O. The minimum absolute atomic E-state index is 0.500. The molecule has 4 N–H and O–H groups in total. The summed E-state index contributed by atoms with van der Waals surface area (Å²) in [7, 11) is 1.80. The maximum atomic E-state index is 9.60. The Balaban J connectivity index is 2.84. The zero-order chi connectivity index (χ0) is 9.84. The molecule has 4 heteroatoms. The van der Waals surface area contributed by atoms with Crippen molar-refractivity contribution in [1.82, 2.24) is 5.32 Å². The Kier molecular flexibility index (Phi) is 3.71. The maximum absolute atomic E-state index is 9.60. The summed E-state index contributed by atoms with van der Waals surface area (Å²) in [6.07, 6.45) is -0.500. The molecule has 0 amide bonds. The molecule has 3 nitrogen and oxygen atoms in total. The second-order valence-corrected chi connectivity index (χ2v) is 3.71. The number of nitrogens with one attached hydrogen (secondary N) is 1. The van der Waals surface area contributed by atoms with Gasteiger partial charge in [-0.25, -0.2) is 0 Å². The summed E-state index contributed by atoms with van der Waals surface area (Å²) in [6, 6.07) is 5.46. The smallest absolute Gasteiger partial charge is 0.0915 e. The molecule has 1 unspecified atom stereocenters. The van der Waals surface area contributed by atoms with Gasteiger partial charge in [-0.3, -0.25) is 0 Å². The molecule has 0 aliphatic rings. The van der Waals surface area contributed by atoms with Crippen LogP contribution in [-0.4, -0.2) is 18.7 Å². The van der Waals surface area contributed by atoms with E-state index in [9.17, 15) is 5.11 Å². The van der Waals surface area contributed by atoms with Crippen LogP contribution in [0.5, 0.6) is 0 Å². The molecular weight excluding hydrogens is 232 g/mol. The molecule has 0 saturated heterocycles. The van der Waals surface area contributed by atoms with E-state index in [1.165, 1.54) is 0 Å². The van der Waals surface area contributed by atoms with E-state index in [0.29, 0.717) is 12.2 Å². The number of likely N-dealkylation sites (N-methyl/N-ethyl adjacent to an activating group) is 1. The van der Waals surface area contributed by atoms with Gasteiger partial charge in [-0.15, -0.1) is 0 Å². The van der Waals surface area contributed by atoms with Gasteiger partial charge in [0.1, 0.15) is 0 Å². The van der Waals surface area contributed by atoms with Gasteiger partial charge in [-0.05, 0) is 40.7 Å². The molecule has 1 atom stereocenters. The summed E-state index contributed by atoms with van der Waals surface area (Å²) >= 11 is 3.30. The highest BCUT2D eigenvalue weighted by Gasteiger charge is 2.07. The van der Waals surface area contributed by atoms with E-state index in [0.717, 1.165) is 10.0 Å². The van der Waals surface area contributed by atoms with E-state index in [1.54, 1.807) is 13.1 Å². The summed E-state index contributed by atoms with van der Waals surface area (Å²) in [5, 5.41) is 12.5. The van der Waals surface area contributed by atoms with Crippen molar-refractivity contribution in [3.63, 3.8) is 0 Å². The number of hydrogen-bond donors (Lipinski definition) is 3. The minimum Gasteiger partial charge on any atom is -0.398 e. The van der Waals surface area contributed by atoms with Gasteiger partial charge in [-0.1, -0.05) is 6.07 Å². The maximum Gasteiger partial charge on any atom is 0.0915 e. The second-order valence-electron chi connectivity index (χ2n) is 2.85. The first-order valence-electron chi connectivity index (χ1n) is 4.02. The van der Waals surface area contributed by atoms with Crippen molar-refractivity contribution >= 4 is 21.6 Å². The monoisotopic (exact) mass is 244 g/mol. The Bertz CT molecular complexity index is 291. The number of halogens is 1. The molecule has 0 aliphatic carbocycles. The van der Waals surface area contributed by atoms with Gasteiger partial charge in [0.15, 0.2) is 0 Å². The fraction of sp³-hybridized carbons (Fsp3) is 0.333. The van der Waals surface area contributed by atoms with Crippen molar-refractivity contribution in [3.8, 4) is 0 Å². The highest BCUT2D eigenvalue weighted by molar-refractivity contribution is 9.10. The van der Waals surface area contributed by atoms with Crippen LogP contribution in [0.25, 0.3) is 0 Å². The van der Waals surface area contributed by atoms with Crippen molar-refractivity contribution in [1.29, 1.82) is 0 Å². The SMILES string of the molecule is CNCC(O)c1ccc(Br)c(N)c1. The normalized spacial score (nSPS) is 12.8. The van der Waals surface area contributed by atoms with Gasteiger partial charge in [-0.2, -0.15) is 0 Å². The number of aliphatic hydroxyl groups is 1. The quantitative estimate of drug-likeness (QED) is 0.703. The van der Waals surface area contributed by atoms with Crippen LogP contribution in [0.4, 0.5) is 5.69 Å². The van der Waals surface area contributed by atoms with E-state index < -0.39 is 6.10 Å². The summed E-state index contributed by atoms with van der Waals surface area (Å²) in [5.41, 5.74) is 7.15. The Morgan fingerprint density at radius 2 is 2.31 bits per heavy atom. The lowest BCUT2D eigenvalue weighted by Crippen LogP contribution is -2.16. The number of hydrogen-bond acceptors (Lipinski definition) is 3. The van der Waals surface area contributed by atoms with Gasteiger partial charge in [0.2, 0.25) is 0 Å². The lowest BCUT2D eigenvalue weighted by molar-refractivity contribution is 0.178. The lowest BCUT2D eigenvalue weighted by atomic mass is 10.1. The average Bonchev–Trinajstić information content (AvgIpc) is 2.10. The molecule has 0 heterocycles. The molecule has 0 bridgehead atoms. The van der Waals surface area contributed by atoms with E-state index >= 15 is 0 Å². The summed E-state index contributed by atoms with van der Waals surface area (Å²) in [4.78, 5) is 0. The standard InChI is InChI=1S/C9H13BrN2O/c1-12-5-9(13)6-2-3-7(10)8(11)4-6/h2-4,9,12-13H,5,11H2,1H3. The predicted octanol–water partition coefficient (Wildman–Crippen LogP) is 1.28. The third-order valence-corrected chi connectivity index (χ3v) is 2.52. The molecule has 0 radical (unpaired) electrons. The van der Waals surface area contributed by atoms with Crippen LogP contribution in [0.1, 0.15) is 11.7 Å². The number of anilines is 1. The van der Waals surface area contributed by atoms with Gasteiger partial charge in [0, 0.05) is 16.7 Å². The first-order valence-corrected chi connectivity index (χ1v) is 4.82. The van der Waals surface area contributed by atoms with Gasteiger partial charge < -0.3 is 16.2 Å². The molecule has 1 aromatic rings. The number of benzene rings is 1. The fourth-order valence-electron chi connectivity index (χ4n) is 1.08. The molecule has 1 aromatic carbocycles. The summed E-state index contributed by atoms with van der Waals surface area (Å²) < 4.78 is 0.855. The van der Waals surface area contributed by atoms with Crippen LogP contribution < -0.4 is 11.1 Å². The van der Waals surface area contributed by atoms with Crippen molar-refractivity contribution in [2.75, 3.05) is 19.3 Å². The van der Waals surface area contributed by atoms with E-state index in [4.69, 9.17) is 5.73 Å². The van der Waals surface area contributed by atoms with Crippen molar-refractivity contribution in [3.05, 3.63) is 28.2 Å². The van der Waals surface area contributed by atoms with E-state index in [-0.39, 0.29) is 0 Å². The van der Waals surface area contributed by atoms with Crippen molar-refractivity contribution in [2.24, 2.45) is 0 Å². The highest BCUT2D eigenvalue weighted by Crippen LogP contribution is 2.23. The lowest BCUT2D eigenvalue weighted by Gasteiger charge is -2.11. The molecule has 0 spiro atoms. The number of nitrogen functional groups attached to an aromatic ring is 1. The largest absolute Gasteiger partial charge is 0.398 e. The molecule has 13 heavy (non-hydrogen) atoms. The number of rotatable bonds is 3. The first kappa shape index (κ1) is 10.5. The van der Waals surface area contributed by atoms with Gasteiger partial charge in [0.25, 0.3) is 0 Å². The third-order valence-electron chi connectivity index (χ3n) is 1.80. The minimum atomic E-state index is -0.500. The molecule has 1 rings (SSSR count). The molecule has 0 saturated carbocycles. The third kappa shape index (κ3) is 2.69. The van der Waals surface area contributed by atoms with Gasteiger partial charge in [0.05, 0.1) is 6.10 Å². The average molecular weight is 245 g/mol. The van der Waals surface area contributed by atoms with E-state index in [1.807, 2.05) is 12.1 Å². The molecule has 0 fully saturated rings. The Morgan fingerprint density at radius 1 is 1.62 bits per heavy atom. The van der Waals surface area contributed by atoms with Crippen LogP contribution in [0.15, 0.2) is 22.7 Å². The highest BCUT2D eigenvalue weighted by atomic mass is 79.9. The van der Waals surface area contributed by atoms with Gasteiger partial charge >= 0.3 is 0 Å². The van der Waals surface area contributed by atoms with Crippen molar-refractivity contribution in [2.45, 2.75) is 6.10 Å². The summed E-state index contributed by atoms with van der Waals surface area (Å²) in [5.74, 6) is 0. The van der Waals surface area contributed by atoms with Crippen molar-refractivity contribution < 1.29 is 5.11 Å². The zero-order valence-electron chi connectivity index (χ0n) is 7.42. The predicted molar refractivity (Wildman–Crippen MR) is 57.4 cm³/mol. The van der Waals surface area contributed by atoms with Crippen LogP contribution in [0, 0.1) is 0 Å². The van der Waals surface area contributed by atoms with Crippen LogP contribution in [-0.2, 0) is 0 Å². The Labute approximate surface area is 86.1 Å². The summed E-state index contributed by atoms with van der Waals surface area (Å²) in [6.45, 7) is 0.529. The Morgan fingerprint density at radius 3 is 2.85 bits per heavy atom. The number of nitrogens with two attached hydrogens (primary N) is 1. The van der Waals surface area contributed by atoms with Crippen LogP contribution in [0.2, 0.25) is 0 Å². The zero-order valence-corrected chi connectivity index (χ0v) is 9.01. The molecule has 0 aromatic heterocycles. The second kappa shape index (κ2) is 4.60.